The quantitative estimate of drug-likeness (QED) is 0.637. The Morgan fingerprint density at radius 3 is 2.62 bits per heavy atom. The number of benzene rings is 1. The number of hydrogen-bond acceptors (Lipinski definition) is 4. The van der Waals surface area contributed by atoms with Crippen LogP contribution in [0.4, 0.5) is 0 Å². The molecule has 0 aliphatic heterocycles. The summed E-state index contributed by atoms with van der Waals surface area (Å²) in [6.45, 7) is 9.99. The molecule has 1 atom stereocenters. The zero-order chi connectivity index (χ0) is 15.5. The summed E-state index contributed by atoms with van der Waals surface area (Å²) in [4.78, 5) is 0. The number of nitrogens with one attached hydrogen (secondary N) is 1. The second kappa shape index (κ2) is 10.6. The smallest absolute Gasteiger partial charge is 0.122 e. The Kier molecular flexibility index (Phi) is 9.06. The lowest BCUT2D eigenvalue weighted by Gasteiger charge is -2.15. The molecule has 21 heavy (non-hydrogen) atoms. The minimum atomic E-state index is 0.367. The lowest BCUT2D eigenvalue weighted by atomic mass is 10.1. The first-order chi connectivity index (χ1) is 10.2. The molecule has 0 spiro atoms. The van der Waals surface area contributed by atoms with Gasteiger partial charge in [-0.05, 0) is 44.0 Å². The Labute approximate surface area is 128 Å². The molecule has 1 aromatic rings. The van der Waals surface area contributed by atoms with Gasteiger partial charge in [-0.3, -0.25) is 0 Å². The number of aryl methyl sites for hydroxylation is 1. The van der Waals surface area contributed by atoms with Crippen molar-refractivity contribution in [1.82, 2.24) is 5.32 Å². The third-order valence-corrected chi connectivity index (χ3v) is 3.33. The van der Waals surface area contributed by atoms with Crippen LogP contribution in [0.3, 0.4) is 0 Å². The highest BCUT2D eigenvalue weighted by molar-refractivity contribution is 5.37. The predicted octanol–water partition coefficient (Wildman–Crippen LogP) is 3.10. The van der Waals surface area contributed by atoms with Crippen LogP contribution >= 0.6 is 0 Å². The van der Waals surface area contributed by atoms with Gasteiger partial charge in [0.05, 0.1) is 6.61 Å². The molecule has 0 heterocycles. The van der Waals surface area contributed by atoms with E-state index in [2.05, 4.69) is 38.2 Å². The van der Waals surface area contributed by atoms with Gasteiger partial charge in [0, 0.05) is 26.4 Å². The SMILES string of the molecule is CCNC(C)c1ccc(OCCOCCCOC)c(C)c1. The molecule has 1 unspecified atom stereocenters. The Balaban J connectivity index is 2.32. The first-order valence-corrected chi connectivity index (χ1v) is 7.72. The van der Waals surface area contributed by atoms with Crippen LogP contribution in [-0.2, 0) is 9.47 Å². The largest absolute Gasteiger partial charge is 0.491 e. The minimum Gasteiger partial charge on any atom is -0.491 e. The summed E-state index contributed by atoms with van der Waals surface area (Å²) in [6.07, 6.45) is 0.923. The summed E-state index contributed by atoms with van der Waals surface area (Å²) in [5.74, 6) is 0.933. The number of ether oxygens (including phenoxy) is 3. The topological polar surface area (TPSA) is 39.7 Å². The fraction of sp³-hybridized carbons (Fsp3) is 0.647. The van der Waals surface area contributed by atoms with Gasteiger partial charge in [-0.2, -0.15) is 0 Å². The van der Waals surface area contributed by atoms with E-state index in [1.807, 2.05) is 6.07 Å². The van der Waals surface area contributed by atoms with E-state index in [4.69, 9.17) is 14.2 Å². The highest BCUT2D eigenvalue weighted by atomic mass is 16.5. The fourth-order valence-electron chi connectivity index (χ4n) is 2.15. The summed E-state index contributed by atoms with van der Waals surface area (Å²) in [5, 5.41) is 3.41. The molecule has 0 aliphatic carbocycles. The van der Waals surface area contributed by atoms with Crippen LogP contribution in [0.15, 0.2) is 18.2 Å². The van der Waals surface area contributed by atoms with Gasteiger partial charge in [0.1, 0.15) is 12.4 Å². The highest BCUT2D eigenvalue weighted by Gasteiger charge is 2.06. The Morgan fingerprint density at radius 2 is 1.95 bits per heavy atom. The third kappa shape index (κ3) is 6.93. The van der Waals surface area contributed by atoms with Crippen LogP contribution in [0.2, 0.25) is 0 Å². The second-order valence-corrected chi connectivity index (χ2v) is 5.11. The molecule has 4 nitrogen and oxygen atoms in total. The zero-order valence-electron chi connectivity index (χ0n) is 13.8. The third-order valence-electron chi connectivity index (χ3n) is 3.33. The molecule has 120 valence electrons. The van der Waals surface area contributed by atoms with E-state index in [9.17, 15) is 0 Å². The van der Waals surface area contributed by atoms with Crippen LogP contribution in [-0.4, -0.2) is 40.1 Å². The van der Waals surface area contributed by atoms with Crippen molar-refractivity contribution in [1.29, 1.82) is 0 Å². The normalized spacial score (nSPS) is 12.4. The van der Waals surface area contributed by atoms with Crippen LogP contribution in [0.1, 0.15) is 37.4 Å². The molecule has 1 aromatic carbocycles. The molecule has 0 aromatic heterocycles. The molecule has 0 fully saturated rings. The zero-order valence-corrected chi connectivity index (χ0v) is 13.8. The first kappa shape index (κ1) is 18.0. The lowest BCUT2D eigenvalue weighted by Crippen LogP contribution is -2.17. The summed E-state index contributed by atoms with van der Waals surface area (Å²) < 4.78 is 16.2. The maximum absolute atomic E-state index is 5.76. The van der Waals surface area contributed by atoms with E-state index in [0.717, 1.165) is 37.5 Å². The van der Waals surface area contributed by atoms with E-state index < -0.39 is 0 Å². The maximum Gasteiger partial charge on any atom is 0.122 e. The Bertz CT molecular complexity index is 396. The number of rotatable bonds is 11. The second-order valence-electron chi connectivity index (χ2n) is 5.11. The maximum atomic E-state index is 5.76. The van der Waals surface area contributed by atoms with E-state index in [-0.39, 0.29) is 0 Å². The molecule has 0 saturated heterocycles. The highest BCUT2D eigenvalue weighted by Crippen LogP contribution is 2.22. The van der Waals surface area contributed by atoms with Gasteiger partial charge in [0.25, 0.3) is 0 Å². The van der Waals surface area contributed by atoms with Gasteiger partial charge in [-0.15, -0.1) is 0 Å². The predicted molar refractivity (Wildman–Crippen MR) is 86.1 cm³/mol. The van der Waals surface area contributed by atoms with Crippen molar-refractivity contribution in [2.24, 2.45) is 0 Å². The molecule has 0 bridgehead atoms. The van der Waals surface area contributed by atoms with Gasteiger partial charge in [0.2, 0.25) is 0 Å². The van der Waals surface area contributed by atoms with Crippen molar-refractivity contribution in [3.63, 3.8) is 0 Å². The molecular formula is C17H29NO3. The average molecular weight is 295 g/mol. The molecule has 0 aliphatic rings. The van der Waals surface area contributed by atoms with Crippen LogP contribution in [0.5, 0.6) is 5.75 Å². The summed E-state index contributed by atoms with van der Waals surface area (Å²) in [6, 6.07) is 6.72. The number of methoxy groups -OCH3 is 1. The lowest BCUT2D eigenvalue weighted by molar-refractivity contribution is 0.0805. The first-order valence-electron chi connectivity index (χ1n) is 7.72. The van der Waals surface area contributed by atoms with Crippen LogP contribution < -0.4 is 10.1 Å². The molecule has 1 rings (SSSR count). The Hall–Kier alpha value is -1.10. The van der Waals surface area contributed by atoms with E-state index in [0.29, 0.717) is 19.3 Å². The summed E-state index contributed by atoms with van der Waals surface area (Å²) >= 11 is 0. The molecule has 0 amide bonds. The Morgan fingerprint density at radius 1 is 1.14 bits per heavy atom. The summed E-state index contributed by atoms with van der Waals surface area (Å²) in [5.41, 5.74) is 2.45. The molecule has 0 radical (unpaired) electrons. The van der Waals surface area contributed by atoms with Crippen molar-refractivity contribution in [3.8, 4) is 5.75 Å². The molecule has 0 saturated carbocycles. The molecular weight excluding hydrogens is 266 g/mol. The monoisotopic (exact) mass is 295 g/mol. The fourth-order valence-corrected chi connectivity index (χ4v) is 2.15. The van der Waals surface area contributed by atoms with Crippen molar-refractivity contribution >= 4 is 0 Å². The van der Waals surface area contributed by atoms with Crippen molar-refractivity contribution in [2.75, 3.05) is 40.1 Å². The standard InChI is InChI=1S/C17H29NO3/c1-5-18-15(3)16-7-8-17(14(2)13-16)21-12-11-20-10-6-9-19-4/h7-8,13,15,18H,5-6,9-12H2,1-4H3. The van der Waals surface area contributed by atoms with Crippen LogP contribution in [0.25, 0.3) is 0 Å². The van der Waals surface area contributed by atoms with Gasteiger partial charge in [-0.25, -0.2) is 0 Å². The summed E-state index contributed by atoms with van der Waals surface area (Å²) in [7, 11) is 1.70. The van der Waals surface area contributed by atoms with E-state index in [1.165, 1.54) is 5.56 Å². The van der Waals surface area contributed by atoms with Crippen LogP contribution in [0, 0.1) is 6.92 Å². The van der Waals surface area contributed by atoms with Crippen molar-refractivity contribution in [2.45, 2.75) is 33.2 Å². The van der Waals surface area contributed by atoms with E-state index >= 15 is 0 Å². The minimum absolute atomic E-state index is 0.367. The van der Waals surface area contributed by atoms with Gasteiger partial charge >= 0.3 is 0 Å². The molecule has 4 heteroatoms. The van der Waals surface area contributed by atoms with Crippen molar-refractivity contribution < 1.29 is 14.2 Å². The molecule has 1 N–H and O–H groups in total. The van der Waals surface area contributed by atoms with Gasteiger partial charge in [-0.1, -0.05) is 19.1 Å². The average Bonchev–Trinajstić information content (AvgIpc) is 2.48. The van der Waals surface area contributed by atoms with Gasteiger partial charge in [0.15, 0.2) is 0 Å². The van der Waals surface area contributed by atoms with E-state index in [1.54, 1.807) is 7.11 Å². The van der Waals surface area contributed by atoms with Gasteiger partial charge < -0.3 is 19.5 Å². The van der Waals surface area contributed by atoms with Crippen molar-refractivity contribution in [3.05, 3.63) is 29.3 Å². The number of hydrogen-bond donors (Lipinski definition) is 1.